The van der Waals surface area contributed by atoms with Crippen LogP contribution in [0.3, 0.4) is 0 Å². The van der Waals surface area contributed by atoms with Crippen molar-refractivity contribution in [3.05, 3.63) is 16.4 Å². The summed E-state index contributed by atoms with van der Waals surface area (Å²) in [5, 5.41) is 16.7. The van der Waals surface area contributed by atoms with E-state index in [0.717, 1.165) is 0 Å². The van der Waals surface area contributed by atoms with E-state index < -0.39 is 4.92 Å². The molecule has 7 nitrogen and oxygen atoms in total. The molecule has 0 saturated heterocycles. The molecule has 0 aliphatic rings. The minimum atomic E-state index is -0.478. The van der Waals surface area contributed by atoms with Gasteiger partial charge in [0, 0.05) is 13.6 Å². The van der Waals surface area contributed by atoms with Crippen LogP contribution in [0, 0.1) is 22.0 Å². The van der Waals surface area contributed by atoms with Crippen LogP contribution in [0.2, 0.25) is 0 Å². The Morgan fingerprint density at radius 2 is 1.94 bits per heavy atom. The zero-order chi connectivity index (χ0) is 13.7. The second-order valence-corrected chi connectivity index (χ2v) is 4.53. The molecule has 1 unspecified atom stereocenters. The van der Waals surface area contributed by atoms with Crippen LogP contribution in [0.4, 0.5) is 17.3 Å². The van der Waals surface area contributed by atoms with Crippen LogP contribution in [0.5, 0.6) is 0 Å². The van der Waals surface area contributed by atoms with Crippen LogP contribution in [-0.4, -0.2) is 28.5 Å². The van der Waals surface area contributed by atoms with Crippen molar-refractivity contribution in [1.29, 1.82) is 0 Å². The highest BCUT2D eigenvalue weighted by Crippen LogP contribution is 2.28. The van der Waals surface area contributed by atoms with Gasteiger partial charge in [-0.15, -0.1) is 0 Å². The van der Waals surface area contributed by atoms with Gasteiger partial charge in [0.2, 0.25) is 11.6 Å². The van der Waals surface area contributed by atoms with Crippen molar-refractivity contribution in [2.75, 3.05) is 24.2 Å². The molecule has 0 aliphatic carbocycles. The Kier molecular flexibility index (Phi) is 4.82. The standard InChI is InChI=1S/C11H19N5O2/c1-7(2)8(3)5-13-11-9(16(17)18)10(12-4)14-6-15-11/h6-8H,5H2,1-4H3,(H2,12,13,14,15). The van der Waals surface area contributed by atoms with Crippen molar-refractivity contribution in [2.24, 2.45) is 11.8 Å². The quantitative estimate of drug-likeness (QED) is 0.596. The number of anilines is 2. The van der Waals surface area contributed by atoms with Crippen molar-refractivity contribution in [3.8, 4) is 0 Å². The molecule has 1 rings (SSSR count). The molecule has 7 heteroatoms. The highest BCUT2D eigenvalue weighted by Gasteiger charge is 2.22. The molecule has 1 heterocycles. The molecule has 0 bridgehead atoms. The minimum absolute atomic E-state index is 0.115. The van der Waals surface area contributed by atoms with Gasteiger partial charge >= 0.3 is 5.69 Å². The third kappa shape index (κ3) is 3.28. The van der Waals surface area contributed by atoms with Crippen molar-refractivity contribution in [1.82, 2.24) is 9.97 Å². The zero-order valence-corrected chi connectivity index (χ0v) is 11.1. The molecule has 0 amide bonds. The Labute approximate surface area is 106 Å². The summed E-state index contributed by atoms with van der Waals surface area (Å²) >= 11 is 0. The lowest BCUT2D eigenvalue weighted by molar-refractivity contribution is -0.383. The van der Waals surface area contributed by atoms with Crippen LogP contribution in [0.25, 0.3) is 0 Å². The average Bonchev–Trinajstić information content (AvgIpc) is 2.34. The minimum Gasteiger partial charge on any atom is -0.367 e. The van der Waals surface area contributed by atoms with Gasteiger partial charge < -0.3 is 10.6 Å². The Balaban J connectivity index is 2.91. The van der Waals surface area contributed by atoms with Gasteiger partial charge in [0.25, 0.3) is 0 Å². The second kappa shape index (κ2) is 6.13. The van der Waals surface area contributed by atoms with E-state index in [9.17, 15) is 10.1 Å². The van der Waals surface area contributed by atoms with Crippen LogP contribution < -0.4 is 10.6 Å². The number of aromatic nitrogens is 2. The number of nitrogens with zero attached hydrogens (tertiary/aromatic N) is 3. The fourth-order valence-electron chi connectivity index (χ4n) is 1.36. The van der Waals surface area contributed by atoms with Crippen LogP contribution in [0.15, 0.2) is 6.33 Å². The van der Waals surface area contributed by atoms with E-state index in [1.54, 1.807) is 7.05 Å². The molecular weight excluding hydrogens is 234 g/mol. The molecule has 1 aromatic rings. The first kappa shape index (κ1) is 14.1. The van der Waals surface area contributed by atoms with E-state index in [0.29, 0.717) is 18.4 Å². The maximum Gasteiger partial charge on any atom is 0.353 e. The summed E-state index contributed by atoms with van der Waals surface area (Å²) in [6, 6.07) is 0. The van der Waals surface area contributed by atoms with Crippen LogP contribution in [0.1, 0.15) is 20.8 Å². The summed E-state index contributed by atoms with van der Waals surface area (Å²) in [5.41, 5.74) is -0.115. The molecule has 0 aliphatic heterocycles. The summed E-state index contributed by atoms with van der Waals surface area (Å²) in [5.74, 6) is 1.38. The van der Waals surface area contributed by atoms with Crippen LogP contribution in [-0.2, 0) is 0 Å². The van der Waals surface area contributed by atoms with Gasteiger partial charge in [-0.25, -0.2) is 9.97 Å². The fraction of sp³-hybridized carbons (Fsp3) is 0.636. The lowest BCUT2D eigenvalue weighted by atomic mass is 9.98. The van der Waals surface area contributed by atoms with E-state index in [2.05, 4.69) is 41.4 Å². The summed E-state index contributed by atoms with van der Waals surface area (Å²) in [6.07, 6.45) is 1.31. The normalized spacial score (nSPS) is 12.3. The Hall–Kier alpha value is -1.92. The number of hydrogen-bond donors (Lipinski definition) is 2. The molecule has 18 heavy (non-hydrogen) atoms. The van der Waals surface area contributed by atoms with Gasteiger partial charge in [0.05, 0.1) is 4.92 Å². The predicted molar refractivity (Wildman–Crippen MR) is 70.7 cm³/mol. The Morgan fingerprint density at radius 1 is 1.33 bits per heavy atom. The molecule has 100 valence electrons. The van der Waals surface area contributed by atoms with E-state index in [-0.39, 0.29) is 17.3 Å². The summed E-state index contributed by atoms with van der Waals surface area (Å²) < 4.78 is 0. The third-order valence-electron chi connectivity index (χ3n) is 2.97. The molecule has 0 spiro atoms. The Morgan fingerprint density at radius 3 is 2.44 bits per heavy atom. The first-order valence-corrected chi connectivity index (χ1v) is 5.88. The van der Waals surface area contributed by atoms with Crippen molar-refractivity contribution in [3.63, 3.8) is 0 Å². The number of hydrogen-bond acceptors (Lipinski definition) is 6. The van der Waals surface area contributed by atoms with Crippen molar-refractivity contribution in [2.45, 2.75) is 20.8 Å². The third-order valence-corrected chi connectivity index (χ3v) is 2.97. The van der Waals surface area contributed by atoms with Crippen LogP contribution >= 0.6 is 0 Å². The lowest BCUT2D eigenvalue weighted by Gasteiger charge is -2.16. The average molecular weight is 253 g/mol. The van der Waals surface area contributed by atoms with Gasteiger partial charge in [-0.05, 0) is 11.8 Å². The monoisotopic (exact) mass is 253 g/mol. The maximum absolute atomic E-state index is 11.0. The van der Waals surface area contributed by atoms with Crippen molar-refractivity contribution >= 4 is 17.3 Å². The number of rotatable bonds is 6. The summed E-state index contributed by atoms with van der Waals surface area (Å²) in [6.45, 7) is 6.95. The van der Waals surface area contributed by atoms with Crippen molar-refractivity contribution < 1.29 is 4.92 Å². The SMILES string of the molecule is CNc1ncnc(NCC(C)C(C)C)c1[N+](=O)[O-]. The smallest absolute Gasteiger partial charge is 0.353 e. The molecule has 0 saturated carbocycles. The summed E-state index contributed by atoms with van der Waals surface area (Å²) in [4.78, 5) is 18.3. The van der Waals surface area contributed by atoms with E-state index in [1.165, 1.54) is 6.33 Å². The lowest BCUT2D eigenvalue weighted by Crippen LogP contribution is -2.18. The molecule has 2 N–H and O–H groups in total. The first-order chi connectivity index (χ1) is 8.47. The molecule has 1 aromatic heterocycles. The highest BCUT2D eigenvalue weighted by atomic mass is 16.6. The van der Waals surface area contributed by atoms with E-state index in [1.807, 2.05) is 0 Å². The fourth-order valence-corrected chi connectivity index (χ4v) is 1.36. The molecular formula is C11H19N5O2. The van der Waals surface area contributed by atoms with Gasteiger partial charge in [-0.2, -0.15) is 0 Å². The first-order valence-electron chi connectivity index (χ1n) is 5.88. The maximum atomic E-state index is 11.0. The summed E-state index contributed by atoms with van der Waals surface area (Å²) in [7, 11) is 1.59. The molecule has 0 radical (unpaired) electrons. The number of nitrogens with one attached hydrogen (secondary N) is 2. The van der Waals surface area contributed by atoms with Gasteiger partial charge in [-0.3, -0.25) is 10.1 Å². The molecule has 1 atom stereocenters. The number of nitro groups is 1. The van der Waals surface area contributed by atoms with Gasteiger partial charge in [0.1, 0.15) is 6.33 Å². The van der Waals surface area contributed by atoms with E-state index >= 15 is 0 Å². The highest BCUT2D eigenvalue weighted by molar-refractivity contribution is 5.68. The topological polar surface area (TPSA) is 93.0 Å². The molecule has 0 aromatic carbocycles. The predicted octanol–water partition coefficient (Wildman–Crippen LogP) is 2.13. The van der Waals surface area contributed by atoms with E-state index in [4.69, 9.17) is 0 Å². The Bertz CT molecular complexity index is 422. The molecule has 0 fully saturated rings. The van der Waals surface area contributed by atoms with Gasteiger partial charge in [-0.1, -0.05) is 20.8 Å². The van der Waals surface area contributed by atoms with Gasteiger partial charge in [0.15, 0.2) is 0 Å². The second-order valence-electron chi connectivity index (χ2n) is 4.53. The largest absolute Gasteiger partial charge is 0.367 e. The zero-order valence-electron chi connectivity index (χ0n) is 11.1.